The predicted octanol–water partition coefficient (Wildman–Crippen LogP) is -0.0958. The van der Waals surface area contributed by atoms with E-state index in [2.05, 4.69) is 4.90 Å². The second-order valence-corrected chi connectivity index (χ2v) is 4.62. The fourth-order valence-corrected chi connectivity index (χ4v) is 2.66. The number of rotatable bonds is 4. The van der Waals surface area contributed by atoms with E-state index in [9.17, 15) is 4.79 Å². The summed E-state index contributed by atoms with van der Waals surface area (Å²) in [6, 6.07) is 0. The minimum absolute atomic E-state index is 0.127. The number of nitrogens with two attached hydrogens (primary N) is 1. The van der Waals surface area contributed by atoms with Gasteiger partial charge in [0.15, 0.2) is 0 Å². The number of likely N-dealkylation sites (tertiary alicyclic amines) is 1. The molecule has 0 aromatic heterocycles. The van der Waals surface area contributed by atoms with Crippen molar-refractivity contribution in [3.8, 4) is 0 Å². The molecule has 2 rings (SSSR count). The Hall–Kier alpha value is -0.650. The second-order valence-electron chi connectivity index (χ2n) is 4.62. The maximum atomic E-state index is 11.2. The first-order chi connectivity index (χ1) is 7.17. The summed E-state index contributed by atoms with van der Waals surface area (Å²) >= 11 is 0. The van der Waals surface area contributed by atoms with E-state index in [1.807, 2.05) is 6.92 Å². The molecule has 0 amide bonds. The van der Waals surface area contributed by atoms with Crippen LogP contribution in [0.15, 0.2) is 0 Å². The molecule has 1 spiro atoms. The van der Waals surface area contributed by atoms with Crippen LogP contribution < -0.4 is 5.90 Å². The summed E-state index contributed by atoms with van der Waals surface area (Å²) < 4.78 is 4.89. The van der Waals surface area contributed by atoms with Crippen LogP contribution in [-0.4, -0.2) is 43.2 Å². The molecule has 5 nitrogen and oxygen atoms in total. The van der Waals surface area contributed by atoms with Gasteiger partial charge in [0.2, 0.25) is 0 Å². The molecule has 15 heavy (non-hydrogen) atoms. The molecule has 2 N–H and O–H groups in total. The lowest BCUT2D eigenvalue weighted by Gasteiger charge is -2.58. The third kappa shape index (κ3) is 2.14. The first kappa shape index (κ1) is 10.9. The van der Waals surface area contributed by atoms with Crippen molar-refractivity contribution in [2.45, 2.75) is 25.9 Å². The van der Waals surface area contributed by atoms with Crippen molar-refractivity contribution in [3.63, 3.8) is 0 Å². The molecule has 1 saturated carbocycles. The fraction of sp³-hybridized carbons (Fsp3) is 0.900. The zero-order chi connectivity index (χ0) is 10.9. The normalized spacial score (nSPS) is 24.7. The van der Waals surface area contributed by atoms with Crippen molar-refractivity contribution in [2.75, 3.05) is 26.2 Å². The van der Waals surface area contributed by atoms with Crippen LogP contribution in [0.2, 0.25) is 0 Å². The predicted molar refractivity (Wildman–Crippen MR) is 53.8 cm³/mol. The molecule has 0 radical (unpaired) electrons. The summed E-state index contributed by atoms with van der Waals surface area (Å²) in [5, 5.41) is 0. The molecule has 0 atom stereocenters. The Morgan fingerprint density at radius 1 is 1.53 bits per heavy atom. The Morgan fingerprint density at radius 2 is 2.20 bits per heavy atom. The number of hydrogen-bond acceptors (Lipinski definition) is 5. The second kappa shape index (κ2) is 4.08. The minimum Gasteiger partial charge on any atom is -0.465 e. The molecule has 0 unspecified atom stereocenters. The van der Waals surface area contributed by atoms with Crippen LogP contribution in [-0.2, 0) is 14.4 Å². The highest BCUT2D eigenvalue weighted by atomic mass is 16.6. The maximum Gasteiger partial charge on any atom is 0.320 e. The molecule has 2 aliphatic rings. The molecule has 0 aromatic carbocycles. The van der Waals surface area contributed by atoms with Gasteiger partial charge in [0.05, 0.1) is 19.3 Å². The van der Waals surface area contributed by atoms with Crippen LogP contribution in [0.5, 0.6) is 0 Å². The van der Waals surface area contributed by atoms with E-state index >= 15 is 0 Å². The number of nitrogens with zero attached hydrogens (tertiary/aromatic N) is 1. The first-order valence-electron chi connectivity index (χ1n) is 5.41. The Morgan fingerprint density at radius 3 is 2.73 bits per heavy atom. The van der Waals surface area contributed by atoms with E-state index in [1.165, 1.54) is 0 Å². The van der Waals surface area contributed by atoms with Gasteiger partial charge in [-0.3, -0.25) is 9.69 Å². The third-order valence-corrected chi connectivity index (χ3v) is 3.29. The maximum absolute atomic E-state index is 11.2. The lowest BCUT2D eigenvalue weighted by atomic mass is 9.62. The van der Waals surface area contributed by atoms with Gasteiger partial charge in [0, 0.05) is 18.5 Å². The van der Waals surface area contributed by atoms with Gasteiger partial charge in [0.1, 0.15) is 0 Å². The average molecular weight is 214 g/mol. The molecule has 1 aliphatic carbocycles. The summed E-state index contributed by atoms with van der Waals surface area (Å²) in [5.74, 6) is 4.97. The molecular weight excluding hydrogens is 196 g/mol. The average Bonchev–Trinajstić information content (AvgIpc) is 2.07. The Balaban J connectivity index is 1.64. The van der Waals surface area contributed by atoms with E-state index in [0.29, 0.717) is 18.6 Å². The molecule has 1 aliphatic heterocycles. The van der Waals surface area contributed by atoms with Gasteiger partial charge in [0.25, 0.3) is 0 Å². The molecular formula is C10H18N2O3. The van der Waals surface area contributed by atoms with Crippen molar-refractivity contribution in [3.05, 3.63) is 0 Å². The SMILES string of the molecule is CCOC(=O)CN1CC2(CC(ON)C2)C1. The van der Waals surface area contributed by atoms with Crippen LogP contribution in [0, 0.1) is 5.41 Å². The minimum atomic E-state index is -0.127. The quantitative estimate of drug-likeness (QED) is 0.523. The van der Waals surface area contributed by atoms with Gasteiger partial charge in [-0.15, -0.1) is 0 Å². The highest BCUT2D eigenvalue weighted by Crippen LogP contribution is 2.48. The third-order valence-electron chi connectivity index (χ3n) is 3.29. The summed E-state index contributed by atoms with van der Waals surface area (Å²) in [4.78, 5) is 18.1. The van der Waals surface area contributed by atoms with Gasteiger partial charge in [-0.2, -0.15) is 0 Å². The van der Waals surface area contributed by atoms with Crippen LogP contribution in [0.25, 0.3) is 0 Å². The number of esters is 1. The number of hydrogen-bond donors (Lipinski definition) is 1. The number of carbonyl (C=O) groups excluding carboxylic acids is 1. The zero-order valence-corrected chi connectivity index (χ0v) is 9.07. The lowest BCUT2D eigenvalue weighted by Crippen LogP contribution is -2.65. The van der Waals surface area contributed by atoms with Crippen LogP contribution >= 0.6 is 0 Å². The topological polar surface area (TPSA) is 64.8 Å². The summed E-state index contributed by atoms with van der Waals surface area (Å²) in [6.45, 7) is 4.66. The molecule has 1 heterocycles. The van der Waals surface area contributed by atoms with Gasteiger partial charge in [-0.25, -0.2) is 5.90 Å². The Bertz CT molecular complexity index is 243. The van der Waals surface area contributed by atoms with Crippen LogP contribution in [0.1, 0.15) is 19.8 Å². The van der Waals surface area contributed by atoms with E-state index in [1.54, 1.807) is 0 Å². The van der Waals surface area contributed by atoms with Crippen molar-refractivity contribution >= 4 is 5.97 Å². The molecule has 0 aromatic rings. The smallest absolute Gasteiger partial charge is 0.320 e. The zero-order valence-electron chi connectivity index (χ0n) is 9.07. The number of carbonyl (C=O) groups is 1. The highest BCUT2D eigenvalue weighted by Gasteiger charge is 2.53. The number of ether oxygens (including phenoxy) is 1. The van der Waals surface area contributed by atoms with E-state index in [4.69, 9.17) is 15.5 Å². The largest absolute Gasteiger partial charge is 0.465 e. The van der Waals surface area contributed by atoms with Crippen molar-refractivity contribution < 1.29 is 14.4 Å². The summed E-state index contributed by atoms with van der Waals surface area (Å²) in [7, 11) is 0. The van der Waals surface area contributed by atoms with E-state index in [0.717, 1.165) is 25.9 Å². The van der Waals surface area contributed by atoms with Gasteiger partial charge in [-0.05, 0) is 19.8 Å². The standard InChI is InChI=1S/C10H18N2O3/c1-2-14-9(13)5-12-6-10(7-12)3-8(4-10)15-11/h8H,2-7,11H2,1H3. The highest BCUT2D eigenvalue weighted by molar-refractivity contribution is 5.71. The molecule has 86 valence electrons. The van der Waals surface area contributed by atoms with E-state index in [-0.39, 0.29) is 12.1 Å². The van der Waals surface area contributed by atoms with Crippen LogP contribution in [0.4, 0.5) is 0 Å². The molecule has 2 fully saturated rings. The summed E-state index contributed by atoms with van der Waals surface area (Å²) in [5.41, 5.74) is 0.385. The van der Waals surface area contributed by atoms with Crippen molar-refractivity contribution in [1.29, 1.82) is 0 Å². The van der Waals surface area contributed by atoms with Crippen molar-refractivity contribution in [1.82, 2.24) is 4.90 Å². The van der Waals surface area contributed by atoms with E-state index < -0.39 is 0 Å². The molecule has 0 bridgehead atoms. The van der Waals surface area contributed by atoms with Crippen molar-refractivity contribution in [2.24, 2.45) is 11.3 Å². The van der Waals surface area contributed by atoms with Gasteiger partial charge >= 0.3 is 5.97 Å². The summed E-state index contributed by atoms with van der Waals surface area (Å²) in [6.07, 6.45) is 2.29. The fourth-order valence-electron chi connectivity index (χ4n) is 2.66. The molecule has 1 saturated heterocycles. The Kier molecular flexibility index (Phi) is 2.95. The van der Waals surface area contributed by atoms with Gasteiger partial charge in [-0.1, -0.05) is 0 Å². The monoisotopic (exact) mass is 214 g/mol. The lowest BCUT2D eigenvalue weighted by molar-refractivity contribution is -0.166. The molecule has 5 heteroatoms. The Labute approximate surface area is 89.5 Å². The van der Waals surface area contributed by atoms with Gasteiger partial charge < -0.3 is 9.57 Å². The first-order valence-corrected chi connectivity index (χ1v) is 5.41. The van der Waals surface area contributed by atoms with Crippen LogP contribution in [0.3, 0.4) is 0 Å².